The van der Waals surface area contributed by atoms with Gasteiger partial charge in [0.05, 0.1) is 0 Å². The summed E-state index contributed by atoms with van der Waals surface area (Å²) in [6.07, 6.45) is 0.850. The van der Waals surface area contributed by atoms with Crippen LogP contribution in [0.3, 0.4) is 0 Å². The van der Waals surface area contributed by atoms with Crippen LogP contribution in [0.1, 0.15) is 12.5 Å². The first-order valence-corrected chi connectivity index (χ1v) is 5.01. The first-order chi connectivity index (χ1) is 5.70. The third kappa shape index (κ3) is 2.93. The fourth-order valence-electron chi connectivity index (χ4n) is 1.05. The van der Waals surface area contributed by atoms with Crippen molar-refractivity contribution in [2.45, 2.75) is 13.3 Å². The van der Waals surface area contributed by atoms with E-state index in [1.54, 1.807) is 0 Å². The lowest BCUT2D eigenvalue weighted by Gasteiger charge is -2.05. The van der Waals surface area contributed by atoms with E-state index in [1.165, 1.54) is 5.56 Å². The molecule has 1 aromatic rings. The smallest absolute Gasteiger partial charge is 0.195 e. The van der Waals surface area contributed by atoms with Crippen LogP contribution in [-0.2, 0) is 11.2 Å². The maximum absolute atomic E-state index is 10.9. The Hall–Kier alpha value is -0.380. The van der Waals surface area contributed by atoms with Gasteiger partial charge in [0.2, 0.25) is 0 Å². The van der Waals surface area contributed by atoms with Gasteiger partial charge in [-0.2, -0.15) is 0 Å². The number of hydrogen-bond donors (Lipinski definition) is 0. The molecule has 0 aliphatic rings. The number of halogens is 1. The van der Waals surface area contributed by atoms with Crippen LogP contribution in [-0.4, -0.2) is 3.79 Å². The van der Waals surface area contributed by atoms with Crippen molar-refractivity contribution in [3.05, 3.63) is 35.9 Å². The second-order valence-corrected chi connectivity index (χ2v) is 3.96. The van der Waals surface area contributed by atoms with E-state index >= 15 is 0 Å². The van der Waals surface area contributed by atoms with Gasteiger partial charge < -0.3 is 0 Å². The van der Waals surface area contributed by atoms with Gasteiger partial charge >= 0.3 is 0 Å². The quantitative estimate of drug-likeness (QED) is 0.612. The summed E-state index contributed by atoms with van der Waals surface area (Å²) in [7, 11) is 0. The number of rotatable bonds is 3. The molecule has 64 valence electrons. The SMILES string of the molecule is CC(Cc1ccccc1)C(=O)I. The van der Waals surface area contributed by atoms with E-state index in [4.69, 9.17) is 0 Å². The van der Waals surface area contributed by atoms with Gasteiger partial charge in [0.1, 0.15) is 0 Å². The van der Waals surface area contributed by atoms with Crippen LogP contribution in [0.5, 0.6) is 0 Å². The van der Waals surface area contributed by atoms with Crippen molar-refractivity contribution < 1.29 is 4.79 Å². The first kappa shape index (κ1) is 9.71. The Kier molecular flexibility index (Phi) is 3.72. The Balaban J connectivity index is 2.58. The minimum Gasteiger partial charge on any atom is -0.287 e. The molecule has 0 saturated heterocycles. The zero-order valence-electron chi connectivity index (χ0n) is 6.96. The zero-order chi connectivity index (χ0) is 8.97. The van der Waals surface area contributed by atoms with E-state index in [2.05, 4.69) is 12.1 Å². The summed E-state index contributed by atoms with van der Waals surface area (Å²) >= 11 is 1.86. The largest absolute Gasteiger partial charge is 0.287 e. The molecule has 0 bridgehead atoms. The van der Waals surface area contributed by atoms with Crippen molar-refractivity contribution in [3.8, 4) is 0 Å². The Morgan fingerprint density at radius 2 is 2.00 bits per heavy atom. The summed E-state index contributed by atoms with van der Waals surface area (Å²) in [4.78, 5) is 10.9. The number of carbonyl (C=O) groups is 1. The van der Waals surface area contributed by atoms with Crippen LogP contribution in [0.25, 0.3) is 0 Å². The molecule has 0 radical (unpaired) electrons. The Bertz CT molecular complexity index is 256. The molecule has 0 spiro atoms. The minimum atomic E-state index is 0.132. The second-order valence-electron chi connectivity index (χ2n) is 2.89. The molecular formula is C10H11IO. The molecule has 1 unspecified atom stereocenters. The van der Waals surface area contributed by atoms with E-state index in [1.807, 2.05) is 47.7 Å². The predicted molar refractivity (Wildman–Crippen MR) is 58.3 cm³/mol. The van der Waals surface area contributed by atoms with Crippen molar-refractivity contribution in [2.75, 3.05) is 0 Å². The Labute approximate surface area is 86.3 Å². The normalized spacial score (nSPS) is 12.5. The highest BCUT2D eigenvalue weighted by Gasteiger charge is 2.08. The lowest BCUT2D eigenvalue weighted by molar-refractivity contribution is -0.112. The van der Waals surface area contributed by atoms with E-state index in [9.17, 15) is 4.79 Å². The summed E-state index contributed by atoms with van der Waals surface area (Å²) in [5.74, 6) is 0.132. The van der Waals surface area contributed by atoms with Gasteiger partial charge in [-0.15, -0.1) is 0 Å². The van der Waals surface area contributed by atoms with Gasteiger partial charge in [-0.05, 0) is 34.6 Å². The van der Waals surface area contributed by atoms with Crippen molar-refractivity contribution in [1.82, 2.24) is 0 Å². The minimum absolute atomic E-state index is 0.132. The average Bonchev–Trinajstić information content (AvgIpc) is 2.06. The molecule has 1 nitrogen and oxygen atoms in total. The maximum atomic E-state index is 10.9. The van der Waals surface area contributed by atoms with Gasteiger partial charge in [0.25, 0.3) is 0 Å². The third-order valence-corrected chi connectivity index (χ3v) is 2.84. The van der Waals surface area contributed by atoms with Crippen LogP contribution in [0.2, 0.25) is 0 Å². The number of benzene rings is 1. The molecule has 1 atom stereocenters. The Morgan fingerprint density at radius 1 is 1.42 bits per heavy atom. The molecular weight excluding hydrogens is 263 g/mol. The lowest BCUT2D eigenvalue weighted by Crippen LogP contribution is -2.06. The average molecular weight is 274 g/mol. The molecule has 0 N–H and O–H groups in total. The number of carbonyl (C=O) groups excluding carboxylic acids is 1. The molecule has 0 fully saturated rings. The summed E-state index contributed by atoms with van der Waals surface area (Å²) in [5, 5.41) is 0. The summed E-state index contributed by atoms with van der Waals surface area (Å²) in [5.41, 5.74) is 1.23. The van der Waals surface area contributed by atoms with Crippen LogP contribution in [0, 0.1) is 5.92 Å². The summed E-state index contributed by atoms with van der Waals surface area (Å²) in [6.45, 7) is 1.96. The van der Waals surface area contributed by atoms with Gasteiger partial charge in [-0.3, -0.25) is 4.79 Å². The molecule has 0 heterocycles. The summed E-state index contributed by atoms with van der Waals surface area (Å²) in [6, 6.07) is 10.1. The predicted octanol–water partition coefficient (Wildman–Crippen LogP) is 2.83. The second kappa shape index (κ2) is 4.60. The standard InChI is InChI=1S/C10H11IO/c1-8(10(11)12)7-9-5-3-2-4-6-9/h2-6,8H,7H2,1H3. The topological polar surface area (TPSA) is 17.1 Å². The van der Waals surface area contributed by atoms with Gasteiger partial charge in [0, 0.05) is 5.92 Å². The molecule has 1 rings (SSSR count). The molecule has 0 aliphatic heterocycles. The van der Waals surface area contributed by atoms with Gasteiger partial charge in [-0.25, -0.2) is 0 Å². The molecule has 12 heavy (non-hydrogen) atoms. The monoisotopic (exact) mass is 274 g/mol. The first-order valence-electron chi connectivity index (χ1n) is 3.93. The van der Waals surface area contributed by atoms with Crippen LogP contribution >= 0.6 is 22.6 Å². The lowest BCUT2D eigenvalue weighted by atomic mass is 10.0. The molecule has 2 heteroatoms. The van der Waals surface area contributed by atoms with Gasteiger partial charge in [-0.1, -0.05) is 37.3 Å². The van der Waals surface area contributed by atoms with Crippen LogP contribution < -0.4 is 0 Å². The van der Waals surface area contributed by atoms with E-state index in [0.29, 0.717) is 0 Å². The fourth-order valence-corrected chi connectivity index (χ4v) is 1.27. The summed E-state index contributed by atoms with van der Waals surface area (Å²) < 4.78 is 0.233. The molecule has 0 aliphatic carbocycles. The number of hydrogen-bond acceptors (Lipinski definition) is 1. The molecule has 0 aromatic heterocycles. The molecule has 1 aromatic carbocycles. The highest BCUT2D eigenvalue weighted by atomic mass is 127. The van der Waals surface area contributed by atoms with E-state index in [0.717, 1.165) is 6.42 Å². The zero-order valence-corrected chi connectivity index (χ0v) is 9.11. The fraction of sp³-hybridized carbons (Fsp3) is 0.300. The highest BCUT2D eigenvalue weighted by Crippen LogP contribution is 2.11. The van der Waals surface area contributed by atoms with E-state index in [-0.39, 0.29) is 9.71 Å². The molecule has 0 amide bonds. The van der Waals surface area contributed by atoms with Crippen LogP contribution in [0.4, 0.5) is 0 Å². The molecule has 0 saturated carbocycles. The van der Waals surface area contributed by atoms with Gasteiger partial charge in [0.15, 0.2) is 3.79 Å². The van der Waals surface area contributed by atoms with Crippen molar-refractivity contribution in [3.63, 3.8) is 0 Å². The third-order valence-electron chi connectivity index (χ3n) is 1.77. The van der Waals surface area contributed by atoms with Crippen molar-refractivity contribution >= 4 is 26.4 Å². The maximum Gasteiger partial charge on any atom is 0.195 e. The van der Waals surface area contributed by atoms with E-state index < -0.39 is 0 Å². The van der Waals surface area contributed by atoms with Crippen molar-refractivity contribution in [1.29, 1.82) is 0 Å². The highest BCUT2D eigenvalue weighted by molar-refractivity contribution is 14.1. The van der Waals surface area contributed by atoms with Crippen molar-refractivity contribution in [2.24, 2.45) is 5.92 Å². The Morgan fingerprint density at radius 3 is 2.50 bits per heavy atom. The van der Waals surface area contributed by atoms with Crippen LogP contribution in [0.15, 0.2) is 30.3 Å².